The Bertz CT molecular complexity index is 422. The summed E-state index contributed by atoms with van der Waals surface area (Å²) in [5.74, 6) is 1.06. The van der Waals surface area contributed by atoms with Crippen molar-refractivity contribution in [1.29, 1.82) is 0 Å². The van der Waals surface area contributed by atoms with E-state index in [1.54, 1.807) is 0 Å². The predicted octanol–water partition coefficient (Wildman–Crippen LogP) is 2.74. The van der Waals surface area contributed by atoms with Gasteiger partial charge in [0.1, 0.15) is 5.76 Å². The van der Waals surface area contributed by atoms with Crippen molar-refractivity contribution in [3.63, 3.8) is 0 Å². The third-order valence-corrected chi connectivity index (χ3v) is 3.73. The van der Waals surface area contributed by atoms with E-state index in [1.165, 1.54) is 26.2 Å². The van der Waals surface area contributed by atoms with Crippen LogP contribution in [0.5, 0.6) is 0 Å². The van der Waals surface area contributed by atoms with E-state index in [2.05, 4.69) is 6.58 Å². The highest BCUT2D eigenvalue weighted by Gasteiger charge is 2.28. The molecule has 4 nitrogen and oxygen atoms in total. The molecule has 0 aromatic rings. The van der Waals surface area contributed by atoms with E-state index in [0.29, 0.717) is 5.92 Å². The third-order valence-electron chi connectivity index (χ3n) is 3.73. The lowest BCUT2D eigenvalue weighted by Gasteiger charge is -2.12. The Kier molecular flexibility index (Phi) is 4.40. The summed E-state index contributed by atoms with van der Waals surface area (Å²) in [5.41, 5.74) is 0.277. The molecule has 19 heavy (non-hydrogen) atoms. The largest absolute Gasteiger partial charge is 0.450 e. The molecule has 2 bridgehead atoms. The number of esters is 2. The van der Waals surface area contributed by atoms with Crippen molar-refractivity contribution in [3.05, 3.63) is 24.0 Å². The van der Waals surface area contributed by atoms with Gasteiger partial charge in [-0.2, -0.15) is 0 Å². The van der Waals surface area contributed by atoms with Gasteiger partial charge in [0.2, 0.25) is 0 Å². The van der Waals surface area contributed by atoms with Crippen LogP contribution in [0.25, 0.3) is 0 Å². The van der Waals surface area contributed by atoms with Crippen LogP contribution in [0, 0.1) is 11.8 Å². The zero-order chi connectivity index (χ0) is 13.8. The Hall–Kier alpha value is -1.58. The van der Waals surface area contributed by atoms with Gasteiger partial charge in [-0.1, -0.05) is 6.58 Å². The molecule has 0 heterocycles. The fraction of sp³-hybridized carbons (Fsp3) is 0.600. The van der Waals surface area contributed by atoms with Crippen LogP contribution in [0.2, 0.25) is 0 Å². The van der Waals surface area contributed by atoms with Gasteiger partial charge in [0.15, 0.2) is 6.61 Å². The zero-order valence-electron chi connectivity index (χ0n) is 11.3. The molecule has 2 rings (SSSR count). The molecular weight excluding hydrogens is 244 g/mol. The van der Waals surface area contributed by atoms with Gasteiger partial charge < -0.3 is 9.47 Å². The van der Waals surface area contributed by atoms with Gasteiger partial charge >= 0.3 is 11.9 Å². The van der Waals surface area contributed by atoms with Crippen LogP contribution in [-0.4, -0.2) is 18.5 Å². The number of fused-ring (bicyclic) bond motifs is 2. The van der Waals surface area contributed by atoms with Crippen molar-refractivity contribution in [2.45, 2.75) is 39.0 Å². The van der Waals surface area contributed by atoms with E-state index in [0.717, 1.165) is 24.5 Å². The standard InChI is InChI=1S/C15H20O4/c1-10(2)15(17)18-9-14(16)19-13-6-5-11-3-4-12(7-11)8-13/h6,11-12H,1,3-5,7-9H2,2H3. The van der Waals surface area contributed by atoms with Crippen molar-refractivity contribution < 1.29 is 19.1 Å². The Morgan fingerprint density at radius 2 is 2.11 bits per heavy atom. The van der Waals surface area contributed by atoms with E-state index in [1.807, 2.05) is 6.08 Å². The molecule has 0 amide bonds. The smallest absolute Gasteiger partial charge is 0.349 e. The Morgan fingerprint density at radius 3 is 2.84 bits per heavy atom. The number of allylic oxidation sites excluding steroid dienone is 2. The van der Waals surface area contributed by atoms with Gasteiger partial charge in [-0.05, 0) is 50.5 Å². The normalized spacial score (nSPS) is 25.2. The average Bonchev–Trinajstić information content (AvgIpc) is 2.69. The summed E-state index contributed by atoms with van der Waals surface area (Å²) in [6, 6.07) is 0. The number of carbonyl (C=O) groups excluding carboxylic acids is 2. The summed E-state index contributed by atoms with van der Waals surface area (Å²) in [6.45, 7) is 4.64. The molecule has 104 valence electrons. The second-order valence-electron chi connectivity index (χ2n) is 5.49. The van der Waals surface area contributed by atoms with Gasteiger partial charge in [-0.3, -0.25) is 0 Å². The van der Waals surface area contributed by atoms with Gasteiger partial charge in [-0.15, -0.1) is 0 Å². The van der Waals surface area contributed by atoms with E-state index < -0.39 is 11.9 Å². The minimum Gasteiger partial charge on any atom is -0.450 e. The second kappa shape index (κ2) is 6.04. The zero-order valence-corrected chi connectivity index (χ0v) is 11.3. The molecule has 2 atom stereocenters. The van der Waals surface area contributed by atoms with Crippen LogP contribution in [0.4, 0.5) is 0 Å². The first-order valence-electron chi connectivity index (χ1n) is 6.77. The molecule has 2 aliphatic carbocycles. The summed E-state index contributed by atoms with van der Waals surface area (Å²) in [5, 5.41) is 0. The van der Waals surface area contributed by atoms with Crippen LogP contribution >= 0.6 is 0 Å². The molecule has 1 fully saturated rings. The molecule has 0 N–H and O–H groups in total. The van der Waals surface area contributed by atoms with Crippen LogP contribution in [0.1, 0.15) is 39.0 Å². The fourth-order valence-electron chi connectivity index (χ4n) is 2.75. The van der Waals surface area contributed by atoms with Crippen molar-refractivity contribution in [2.75, 3.05) is 6.61 Å². The van der Waals surface area contributed by atoms with Gasteiger partial charge in [0.05, 0.1) is 0 Å². The van der Waals surface area contributed by atoms with Crippen molar-refractivity contribution >= 4 is 11.9 Å². The van der Waals surface area contributed by atoms with Crippen LogP contribution in [-0.2, 0) is 19.1 Å². The number of hydrogen-bond acceptors (Lipinski definition) is 4. The van der Waals surface area contributed by atoms with E-state index in [-0.39, 0.29) is 12.2 Å². The molecule has 2 aliphatic rings. The number of hydrogen-bond donors (Lipinski definition) is 0. The summed E-state index contributed by atoms with van der Waals surface area (Å²) >= 11 is 0. The Balaban J connectivity index is 1.79. The number of rotatable bonds is 4. The molecule has 4 heteroatoms. The third kappa shape index (κ3) is 3.94. The molecule has 0 aromatic carbocycles. The quantitative estimate of drug-likeness (QED) is 0.578. The molecule has 0 spiro atoms. The van der Waals surface area contributed by atoms with E-state index in [4.69, 9.17) is 9.47 Å². The monoisotopic (exact) mass is 264 g/mol. The summed E-state index contributed by atoms with van der Waals surface area (Å²) in [6.07, 6.45) is 7.59. The molecule has 2 unspecified atom stereocenters. The van der Waals surface area contributed by atoms with Crippen LogP contribution in [0.15, 0.2) is 24.0 Å². The molecular formula is C15H20O4. The maximum atomic E-state index is 11.6. The van der Waals surface area contributed by atoms with E-state index in [9.17, 15) is 9.59 Å². The topological polar surface area (TPSA) is 52.6 Å². The summed E-state index contributed by atoms with van der Waals surface area (Å²) in [7, 11) is 0. The van der Waals surface area contributed by atoms with E-state index >= 15 is 0 Å². The predicted molar refractivity (Wildman–Crippen MR) is 70.0 cm³/mol. The minimum atomic E-state index is -0.564. The van der Waals surface area contributed by atoms with Crippen LogP contribution < -0.4 is 0 Å². The first-order valence-corrected chi connectivity index (χ1v) is 6.77. The highest BCUT2D eigenvalue weighted by Crippen LogP contribution is 2.40. The van der Waals surface area contributed by atoms with Crippen molar-refractivity contribution in [2.24, 2.45) is 11.8 Å². The maximum Gasteiger partial charge on any atom is 0.349 e. The maximum absolute atomic E-state index is 11.6. The number of ether oxygens (including phenoxy) is 2. The molecule has 0 aromatic heterocycles. The lowest BCUT2D eigenvalue weighted by atomic mass is 10.0. The SMILES string of the molecule is C=C(C)C(=O)OCC(=O)OC1=CCC2CCC(C1)C2. The molecule has 0 aliphatic heterocycles. The fourth-order valence-corrected chi connectivity index (χ4v) is 2.75. The molecule has 1 saturated carbocycles. The lowest BCUT2D eigenvalue weighted by molar-refractivity contribution is -0.154. The van der Waals surface area contributed by atoms with Crippen LogP contribution in [0.3, 0.4) is 0 Å². The Labute approximate surface area is 113 Å². The number of carbonyl (C=O) groups is 2. The minimum absolute atomic E-state index is 0.277. The average molecular weight is 264 g/mol. The highest BCUT2D eigenvalue weighted by atomic mass is 16.6. The molecule has 0 radical (unpaired) electrons. The van der Waals surface area contributed by atoms with Crippen molar-refractivity contribution in [1.82, 2.24) is 0 Å². The Morgan fingerprint density at radius 1 is 1.37 bits per heavy atom. The summed E-state index contributed by atoms with van der Waals surface area (Å²) in [4.78, 5) is 22.7. The molecule has 0 saturated heterocycles. The second-order valence-corrected chi connectivity index (χ2v) is 5.49. The summed E-state index contributed by atoms with van der Waals surface area (Å²) < 4.78 is 10.0. The first kappa shape index (κ1) is 13.8. The van der Waals surface area contributed by atoms with Gasteiger partial charge in [0, 0.05) is 12.0 Å². The highest BCUT2D eigenvalue weighted by molar-refractivity contribution is 5.88. The lowest BCUT2D eigenvalue weighted by Crippen LogP contribution is -2.17. The van der Waals surface area contributed by atoms with Gasteiger partial charge in [-0.25, -0.2) is 9.59 Å². The van der Waals surface area contributed by atoms with Gasteiger partial charge in [0.25, 0.3) is 0 Å². The first-order chi connectivity index (χ1) is 9.04. The van der Waals surface area contributed by atoms with Crippen molar-refractivity contribution in [3.8, 4) is 0 Å².